The molecule has 0 radical (unpaired) electrons. The molecule has 10 heavy (non-hydrogen) atoms. The molecule has 0 fully saturated rings. The maximum Gasteiger partial charge on any atom is 0.335 e. The van der Waals surface area contributed by atoms with Crippen LogP contribution in [0, 0.1) is 0 Å². The van der Waals surface area contributed by atoms with Crippen molar-refractivity contribution < 1.29 is 9.15 Å². The molecule has 0 aliphatic heterocycles. The Balaban J connectivity index is 0.000000236. The minimum Gasteiger partial charge on any atom is -0.431 e. The highest BCUT2D eigenvalue weighted by atomic mass is 16.4. The van der Waals surface area contributed by atoms with Gasteiger partial charge >= 0.3 is 5.63 Å². The summed E-state index contributed by atoms with van der Waals surface area (Å²) in [5, 5.41) is 0. The lowest BCUT2D eigenvalue weighted by molar-refractivity contribution is 0.277. The first-order valence-corrected chi connectivity index (χ1v) is 2.75. The molecule has 0 aliphatic carbocycles. The average Bonchev–Trinajstić information content (AvgIpc) is 1.91. The molecule has 56 valence electrons. The summed E-state index contributed by atoms with van der Waals surface area (Å²) < 4.78 is 8.62. The Morgan fingerprint density at radius 2 is 2.00 bits per heavy atom. The molecule has 0 aliphatic rings. The van der Waals surface area contributed by atoms with E-state index in [-0.39, 0.29) is 5.63 Å². The highest BCUT2D eigenvalue weighted by Gasteiger charge is 1.72. The molecule has 0 spiro atoms. The van der Waals surface area contributed by atoms with Crippen LogP contribution in [0.4, 0.5) is 0 Å². The van der Waals surface area contributed by atoms with Gasteiger partial charge in [-0.25, -0.2) is 4.79 Å². The molecule has 1 aromatic rings. The minimum atomic E-state index is -0.303. The van der Waals surface area contributed by atoms with Crippen LogP contribution in [-0.4, -0.2) is 14.2 Å². The Kier molecular flexibility index (Phi) is 5.38. The Bertz CT molecular complexity index is 187. The van der Waals surface area contributed by atoms with Gasteiger partial charge in [0.25, 0.3) is 0 Å². The third-order valence-corrected chi connectivity index (χ3v) is 0.606. The summed E-state index contributed by atoms with van der Waals surface area (Å²) >= 11 is 0. The molecule has 1 aromatic heterocycles. The van der Waals surface area contributed by atoms with Crippen LogP contribution < -0.4 is 5.63 Å². The van der Waals surface area contributed by atoms with Gasteiger partial charge in [0.05, 0.1) is 6.26 Å². The maximum absolute atomic E-state index is 10.1. The summed E-state index contributed by atoms with van der Waals surface area (Å²) in [5.74, 6) is 0. The normalized spacial score (nSPS) is 7.80. The Labute approximate surface area is 59.2 Å². The first-order valence-electron chi connectivity index (χ1n) is 2.75. The summed E-state index contributed by atoms with van der Waals surface area (Å²) in [6.07, 6.45) is 1.35. The van der Waals surface area contributed by atoms with Crippen molar-refractivity contribution in [3.05, 3.63) is 34.9 Å². The largest absolute Gasteiger partial charge is 0.431 e. The fourth-order valence-corrected chi connectivity index (χ4v) is 0.325. The van der Waals surface area contributed by atoms with E-state index in [1.54, 1.807) is 26.4 Å². The van der Waals surface area contributed by atoms with E-state index in [9.17, 15) is 4.79 Å². The third-order valence-electron chi connectivity index (χ3n) is 0.606. The standard InChI is InChI=1S/C5H4O2.C2H6O/c6-5-3-1-2-4-7-5;1-3-2/h1-4H;1-2H3. The van der Waals surface area contributed by atoms with Gasteiger partial charge in [-0.05, 0) is 6.07 Å². The summed E-state index contributed by atoms with van der Waals surface area (Å²) in [7, 11) is 3.25. The minimum absolute atomic E-state index is 0.303. The van der Waals surface area contributed by atoms with Gasteiger partial charge in [-0.3, -0.25) is 0 Å². The second-order valence-electron chi connectivity index (χ2n) is 1.53. The second-order valence-corrected chi connectivity index (χ2v) is 1.53. The smallest absolute Gasteiger partial charge is 0.335 e. The Morgan fingerprint density at radius 3 is 2.20 bits per heavy atom. The molecule has 3 heteroatoms. The molecular formula is C7H10O3. The molecular weight excluding hydrogens is 132 g/mol. The van der Waals surface area contributed by atoms with Crippen molar-refractivity contribution in [2.24, 2.45) is 0 Å². The van der Waals surface area contributed by atoms with Gasteiger partial charge in [-0.1, -0.05) is 6.07 Å². The quantitative estimate of drug-likeness (QED) is 0.540. The molecule has 0 bridgehead atoms. The van der Waals surface area contributed by atoms with Crippen LogP contribution in [-0.2, 0) is 4.74 Å². The molecule has 1 rings (SSSR count). The van der Waals surface area contributed by atoms with E-state index < -0.39 is 0 Å². The summed E-state index contributed by atoms with van der Waals surface area (Å²) in [4.78, 5) is 10.1. The Hall–Kier alpha value is -1.09. The van der Waals surface area contributed by atoms with Gasteiger partial charge < -0.3 is 9.15 Å². The zero-order valence-corrected chi connectivity index (χ0v) is 6.03. The SMILES string of the molecule is COC.O=c1cccco1. The van der Waals surface area contributed by atoms with Gasteiger partial charge in [0.15, 0.2) is 0 Å². The molecule has 0 N–H and O–H groups in total. The lowest BCUT2D eigenvalue weighted by Gasteiger charge is -1.72. The van der Waals surface area contributed by atoms with Crippen molar-refractivity contribution in [1.82, 2.24) is 0 Å². The van der Waals surface area contributed by atoms with Crippen LogP contribution in [0.1, 0.15) is 0 Å². The van der Waals surface area contributed by atoms with Crippen molar-refractivity contribution in [2.75, 3.05) is 14.2 Å². The van der Waals surface area contributed by atoms with Crippen LogP contribution in [0.3, 0.4) is 0 Å². The van der Waals surface area contributed by atoms with Crippen LogP contribution in [0.15, 0.2) is 33.7 Å². The first kappa shape index (κ1) is 8.91. The van der Waals surface area contributed by atoms with Crippen molar-refractivity contribution in [3.63, 3.8) is 0 Å². The fourth-order valence-electron chi connectivity index (χ4n) is 0.325. The van der Waals surface area contributed by atoms with E-state index in [4.69, 9.17) is 0 Å². The zero-order valence-electron chi connectivity index (χ0n) is 6.03. The average molecular weight is 142 g/mol. The molecule has 0 amide bonds. The number of rotatable bonds is 0. The van der Waals surface area contributed by atoms with Gasteiger partial charge in [0.2, 0.25) is 0 Å². The van der Waals surface area contributed by atoms with Crippen LogP contribution in [0.5, 0.6) is 0 Å². The van der Waals surface area contributed by atoms with E-state index in [1.165, 1.54) is 12.3 Å². The van der Waals surface area contributed by atoms with E-state index in [0.29, 0.717) is 0 Å². The number of hydrogen-bond donors (Lipinski definition) is 0. The van der Waals surface area contributed by atoms with Crippen molar-refractivity contribution in [1.29, 1.82) is 0 Å². The zero-order chi connectivity index (χ0) is 7.82. The highest BCUT2D eigenvalue weighted by molar-refractivity contribution is 4.85. The van der Waals surface area contributed by atoms with Gasteiger partial charge in [0.1, 0.15) is 0 Å². The lowest BCUT2D eigenvalue weighted by atomic mass is 10.5. The van der Waals surface area contributed by atoms with Gasteiger partial charge in [0, 0.05) is 20.3 Å². The predicted octanol–water partition coefficient (Wildman–Crippen LogP) is 0.902. The first-order chi connectivity index (χ1) is 4.81. The Morgan fingerprint density at radius 1 is 1.40 bits per heavy atom. The van der Waals surface area contributed by atoms with Crippen LogP contribution in [0.25, 0.3) is 0 Å². The molecule has 0 unspecified atom stereocenters. The predicted molar refractivity (Wildman–Crippen MR) is 37.9 cm³/mol. The number of methoxy groups -OCH3 is 1. The van der Waals surface area contributed by atoms with E-state index >= 15 is 0 Å². The van der Waals surface area contributed by atoms with Crippen molar-refractivity contribution >= 4 is 0 Å². The van der Waals surface area contributed by atoms with Crippen LogP contribution >= 0.6 is 0 Å². The summed E-state index contributed by atoms with van der Waals surface area (Å²) in [6, 6.07) is 4.65. The van der Waals surface area contributed by atoms with Crippen LogP contribution in [0.2, 0.25) is 0 Å². The molecule has 0 saturated heterocycles. The van der Waals surface area contributed by atoms with Gasteiger partial charge in [-0.2, -0.15) is 0 Å². The second kappa shape index (κ2) is 6.04. The molecule has 0 atom stereocenters. The summed E-state index contributed by atoms with van der Waals surface area (Å²) in [6.45, 7) is 0. The molecule has 3 nitrogen and oxygen atoms in total. The molecule has 1 heterocycles. The highest BCUT2D eigenvalue weighted by Crippen LogP contribution is 1.72. The van der Waals surface area contributed by atoms with E-state index in [1.807, 2.05) is 0 Å². The lowest BCUT2D eigenvalue weighted by Crippen LogP contribution is -1.90. The van der Waals surface area contributed by atoms with Crippen molar-refractivity contribution in [3.8, 4) is 0 Å². The third kappa shape index (κ3) is 5.05. The monoisotopic (exact) mass is 142 g/mol. The number of ether oxygens (including phenoxy) is 1. The van der Waals surface area contributed by atoms with E-state index in [0.717, 1.165) is 0 Å². The molecule has 0 saturated carbocycles. The van der Waals surface area contributed by atoms with Gasteiger partial charge in [-0.15, -0.1) is 0 Å². The molecule has 0 aromatic carbocycles. The van der Waals surface area contributed by atoms with Crippen molar-refractivity contribution in [2.45, 2.75) is 0 Å². The fraction of sp³-hybridized carbons (Fsp3) is 0.286. The number of hydrogen-bond acceptors (Lipinski definition) is 3. The van der Waals surface area contributed by atoms with E-state index in [2.05, 4.69) is 9.15 Å². The maximum atomic E-state index is 10.1. The summed E-state index contributed by atoms with van der Waals surface area (Å²) in [5.41, 5.74) is -0.303. The topological polar surface area (TPSA) is 39.4 Å².